The van der Waals surface area contributed by atoms with Crippen LogP contribution < -0.4 is 10.6 Å². The summed E-state index contributed by atoms with van der Waals surface area (Å²) in [6, 6.07) is 2.85. The lowest BCUT2D eigenvalue weighted by Gasteiger charge is -2.32. The number of amides is 1. The van der Waals surface area contributed by atoms with Gasteiger partial charge in [0, 0.05) is 25.3 Å². The number of hydrogen-bond acceptors (Lipinski definition) is 3. The predicted molar refractivity (Wildman–Crippen MR) is 81.4 cm³/mol. The van der Waals surface area contributed by atoms with Gasteiger partial charge in [0.25, 0.3) is 0 Å². The van der Waals surface area contributed by atoms with Crippen molar-refractivity contribution in [3.8, 4) is 0 Å². The van der Waals surface area contributed by atoms with Gasteiger partial charge in [-0.15, -0.1) is 0 Å². The van der Waals surface area contributed by atoms with E-state index in [-0.39, 0.29) is 18.0 Å². The Morgan fingerprint density at radius 1 is 1.32 bits per heavy atom. The van der Waals surface area contributed by atoms with Gasteiger partial charge < -0.3 is 15.4 Å². The van der Waals surface area contributed by atoms with Gasteiger partial charge in [-0.25, -0.2) is 8.78 Å². The maximum atomic E-state index is 14.0. The molecule has 0 aliphatic carbocycles. The largest absolute Gasteiger partial charge is 0.383 e. The van der Waals surface area contributed by atoms with E-state index >= 15 is 0 Å². The Morgan fingerprint density at radius 2 is 2.00 bits per heavy atom. The molecule has 0 radical (unpaired) electrons. The van der Waals surface area contributed by atoms with Crippen LogP contribution in [-0.4, -0.2) is 32.7 Å². The first-order valence-electron chi connectivity index (χ1n) is 7.19. The van der Waals surface area contributed by atoms with Gasteiger partial charge in [-0.3, -0.25) is 4.79 Å². The van der Waals surface area contributed by atoms with Crippen LogP contribution in [-0.2, 0) is 9.53 Å². The third-order valence-electron chi connectivity index (χ3n) is 3.21. The molecule has 0 aliphatic rings. The second-order valence-corrected chi connectivity index (χ2v) is 6.20. The molecule has 4 nitrogen and oxygen atoms in total. The van der Waals surface area contributed by atoms with Gasteiger partial charge in [-0.05, 0) is 11.5 Å². The van der Waals surface area contributed by atoms with Crippen LogP contribution in [0.3, 0.4) is 0 Å². The molecule has 0 bridgehead atoms. The van der Waals surface area contributed by atoms with E-state index in [0.29, 0.717) is 13.2 Å². The summed E-state index contributed by atoms with van der Waals surface area (Å²) >= 11 is 0. The van der Waals surface area contributed by atoms with Gasteiger partial charge in [-0.2, -0.15) is 0 Å². The van der Waals surface area contributed by atoms with Crippen LogP contribution in [0.2, 0.25) is 0 Å². The van der Waals surface area contributed by atoms with Crippen LogP contribution in [0.4, 0.5) is 8.78 Å². The van der Waals surface area contributed by atoms with Crippen molar-refractivity contribution in [3.05, 3.63) is 35.4 Å². The molecule has 0 heterocycles. The normalized spacial score (nSPS) is 13.0. The number of benzene rings is 1. The van der Waals surface area contributed by atoms with E-state index in [4.69, 9.17) is 4.74 Å². The summed E-state index contributed by atoms with van der Waals surface area (Å²) in [6.07, 6.45) is 0. The third-order valence-corrected chi connectivity index (χ3v) is 3.21. The topological polar surface area (TPSA) is 50.4 Å². The Bertz CT molecular complexity index is 501. The van der Waals surface area contributed by atoms with Crippen LogP contribution in [0.25, 0.3) is 0 Å². The maximum absolute atomic E-state index is 14.0. The van der Waals surface area contributed by atoms with Crippen LogP contribution in [0, 0.1) is 17.0 Å². The molecule has 6 heteroatoms. The zero-order valence-corrected chi connectivity index (χ0v) is 13.5. The molecule has 1 unspecified atom stereocenters. The van der Waals surface area contributed by atoms with Crippen molar-refractivity contribution in [2.75, 3.05) is 26.8 Å². The van der Waals surface area contributed by atoms with Gasteiger partial charge in [-0.1, -0.05) is 26.8 Å². The lowest BCUT2D eigenvalue weighted by atomic mass is 9.82. The molecule has 1 rings (SSSR count). The van der Waals surface area contributed by atoms with Crippen molar-refractivity contribution >= 4 is 5.91 Å². The molecule has 0 fully saturated rings. The second kappa shape index (κ2) is 8.19. The van der Waals surface area contributed by atoms with E-state index < -0.39 is 23.1 Å². The third kappa shape index (κ3) is 5.69. The number of halogens is 2. The van der Waals surface area contributed by atoms with Crippen molar-refractivity contribution in [1.82, 2.24) is 10.6 Å². The Kier molecular flexibility index (Phi) is 6.90. The SMILES string of the molecule is COCCNCC(=O)NC(c1ccc(F)cc1F)C(C)(C)C. The fourth-order valence-electron chi connectivity index (χ4n) is 2.08. The molecule has 22 heavy (non-hydrogen) atoms. The van der Waals surface area contributed by atoms with Crippen molar-refractivity contribution in [1.29, 1.82) is 0 Å². The summed E-state index contributed by atoms with van der Waals surface area (Å²) in [5, 5.41) is 5.73. The average Bonchev–Trinajstić information content (AvgIpc) is 2.41. The quantitative estimate of drug-likeness (QED) is 0.760. The van der Waals surface area contributed by atoms with E-state index in [0.717, 1.165) is 6.07 Å². The van der Waals surface area contributed by atoms with Gasteiger partial charge in [0.1, 0.15) is 11.6 Å². The van der Waals surface area contributed by atoms with Crippen molar-refractivity contribution in [2.24, 2.45) is 5.41 Å². The number of methoxy groups -OCH3 is 1. The molecule has 0 saturated heterocycles. The molecule has 0 spiro atoms. The fourth-order valence-corrected chi connectivity index (χ4v) is 2.08. The van der Waals surface area contributed by atoms with E-state index in [1.54, 1.807) is 7.11 Å². The van der Waals surface area contributed by atoms with E-state index in [9.17, 15) is 13.6 Å². The summed E-state index contributed by atoms with van der Waals surface area (Å²) in [5.74, 6) is -1.55. The second-order valence-electron chi connectivity index (χ2n) is 6.20. The minimum Gasteiger partial charge on any atom is -0.383 e. The van der Waals surface area contributed by atoms with Crippen molar-refractivity contribution < 1.29 is 18.3 Å². The van der Waals surface area contributed by atoms with E-state index in [1.165, 1.54) is 12.1 Å². The highest BCUT2D eigenvalue weighted by atomic mass is 19.1. The number of hydrogen-bond donors (Lipinski definition) is 2. The molecule has 1 aromatic rings. The fraction of sp³-hybridized carbons (Fsp3) is 0.562. The number of nitrogens with one attached hydrogen (secondary N) is 2. The van der Waals surface area contributed by atoms with Crippen molar-refractivity contribution in [3.63, 3.8) is 0 Å². The highest BCUT2D eigenvalue weighted by Gasteiger charge is 2.30. The van der Waals surface area contributed by atoms with Crippen LogP contribution in [0.1, 0.15) is 32.4 Å². The summed E-state index contributed by atoms with van der Waals surface area (Å²) < 4.78 is 31.9. The first-order chi connectivity index (χ1) is 10.3. The van der Waals surface area contributed by atoms with E-state index in [2.05, 4.69) is 10.6 Å². The van der Waals surface area contributed by atoms with E-state index in [1.807, 2.05) is 20.8 Å². The molecule has 0 aromatic heterocycles. The minimum absolute atomic E-state index is 0.110. The first kappa shape index (κ1) is 18.5. The first-order valence-corrected chi connectivity index (χ1v) is 7.19. The zero-order valence-electron chi connectivity index (χ0n) is 13.5. The Hall–Kier alpha value is -1.53. The molecule has 1 amide bonds. The van der Waals surface area contributed by atoms with Crippen LogP contribution in [0.15, 0.2) is 18.2 Å². The number of carbonyl (C=O) groups is 1. The molecule has 0 saturated carbocycles. The Morgan fingerprint density at radius 3 is 2.55 bits per heavy atom. The number of carbonyl (C=O) groups excluding carboxylic acids is 1. The highest BCUT2D eigenvalue weighted by molar-refractivity contribution is 5.78. The molecule has 2 N–H and O–H groups in total. The van der Waals surface area contributed by atoms with Crippen molar-refractivity contribution in [2.45, 2.75) is 26.8 Å². The predicted octanol–water partition coefficient (Wildman–Crippen LogP) is 2.40. The Labute approximate surface area is 130 Å². The zero-order chi connectivity index (χ0) is 16.8. The summed E-state index contributed by atoms with van der Waals surface area (Å²) in [7, 11) is 1.58. The lowest BCUT2D eigenvalue weighted by Crippen LogP contribution is -2.42. The lowest BCUT2D eigenvalue weighted by molar-refractivity contribution is -0.121. The molecule has 1 aromatic carbocycles. The highest BCUT2D eigenvalue weighted by Crippen LogP contribution is 2.34. The monoisotopic (exact) mass is 314 g/mol. The minimum atomic E-state index is -0.660. The van der Waals surface area contributed by atoms with Crippen LogP contribution in [0.5, 0.6) is 0 Å². The standard InChI is InChI=1S/C16H24F2N2O2/c1-16(2,3)15(12-6-5-11(17)9-13(12)18)20-14(21)10-19-7-8-22-4/h5-6,9,15,19H,7-8,10H2,1-4H3,(H,20,21). The number of ether oxygens (including phenoxy) is 1. The van der Waals surface area contributed by atoms with Gasteiger partial charge >= 0.3 is 0 Å². The summed E-state index contributed by atoms with van der Waals surface area (Å²) in [5.41, 5.74) is -0.139. The maximum Gasteiger partial charge on any atom is 0.234 e. The van der Waals surface area contributed by atoms with Gasteiger partial charge in [0.2, 0.25) is 5.91 Å². The summed E-state index contributed by atoms with van der Waals surface area (Å²) in [4.78, 5) is 12.0. The number of rotatable bonds is 7. The average molecular weight is 314 g/mol. The molecule has 0 aliphatic heterocycles. The molecular formula is C16H24F2N2O2. The van der Waals surface area contributed by atoms with Crippen LogP contribution >= 0.6 is 0 Å². The molecule has 124 valence electrons. The molecule has 1 atom stereocenters. The Balaban J connectivity index is 2.80. The summed E-state index contributed by atoms with van der Waals surface area (Å²) in [6.45, 7) is 6.83. The van der Waals surface area contributed by atoms with Gasteiger partial charge in [0.05, 0.1) is 19.2 Å². The molecular weight excluding hydrogens is 290 g/mol. The smallest absolute Gasteiger partial charge is 0.234 e. The van der Waals surface area contributed by atoms with Gasteiger partial charge in [0.15, 0.2) is 0 Å².